The van der Waals surface area contributed by atoms with Crippen molar-refractivity contribution in [2.75, 3.05) is 12.9 Å². The molecule has 2 amide bonds. The van der Waals surface area contributed by atoms with Gasteiger partial charge in [0, 0.05) is 5.75 Å². The zero-order valence-electron chi connectivity index (χ0n) is 14.0. The highest BCUT2D eigenvalue weighted by molar-refractivity contribution is 7.86. The van der Waals surface area contributed by atoms with Gasteiger partial charge in [0.2, 0.25) is 11.8 Å². The van der Waals surface area contributed by atoms with E-state index in [0.717, 1.165) is 10.5 Å². The normalized spacial score (nSPS) is 27.3. The Morgan fingerprint density at radius 3 is 2.62 bits per heavy atom. The van der Waals surface area contributed by atoms with Crippen LogP contribution in [-0.2, 0) is 31.6 Å². The summed E-state index contributed by atoms with van der Waals surface area (Å²) in [6.07, 6.45) is 0.0438. The smallest absolute Gasteiger partial charge is 0.330 e. The lowest BCUT2D eigenvalue weighted by molar-refractivity contribution is -0.160. The summed E-state index contributed by atoms with van der Waals surface area (Å²) in [5, 5.41) is 11.0. The first-order chi connectivity index (χ1) is 12.3. The standard InChI is InChI=1S/C17H18N2O6S/c1-9-8-26(24)16-13(15(21)19(16)14(9)17(22)23)18-12(20)7-10-3-5-11(25-2)6-4-10/h3-6,13-14,16H,1,7-8H2,2H3,(H,18,20)(H,22,23)/t13?,14?,16-,26?/m0/s1. The summed E-state index contributed by atoms with van der Waals surface area (Å²) in [6.45, 7) is 3.61. The predicted molar refractivity (Wildman–Crippen MR) is 92.8 cm³/mol. The van der Waals surface area contributed by atoms with Gasteiger partial charge in [0.1, 0.15) is 17.2 Å². The Morgan fingerprint density at radius 1 is 1.38 bits per heavy atom. The first-order valence-corrected chi connectivity index (χ1v) is 9.24. The number of β-lactam (4-membered cyclic amide) rings is 1. The van der Waals surface area contributed by atoms with Crippen molar-refractivity contribution in [3.05, 3.63) is 42.0 Å². The zero-order valence-corrected chi connectivity index (χ0v) is 14.8. The number of carboxylic acid groups (broad SMARTS) is 1. The minimum Gasteiger partial charge on any atom is -0.497 e. The molecule has 138 valence electrons. The van der Waals surface area contributed by atoms with E-state index in [4.69, 9.17) is 4.74 Å². The molecule has 2 aliphatic heterocycles. The van der Waals surface area contributed by atoms with Crippen LogP contribution in [0.4, 0.5) is 0 Å². The molecule has 2 N–H and O–H groups in total. The van der Waals surface area contributed by atoms with E-state index in [1.54, 1.807) is 31.4 Å². The molecule has 9 heteroatoms. The number of carboxylic acids is 1. The average molecular weight is 378 g/mol. The molecule has 26 heavy (non-hydrogen) atoms. The lowest BCUT2D eigenvalue weighted by Gasteiger charge is -2.52. The molecule has 1 aromatic rings. The number of amides is 2. The van der Waals surface area contributed by atoms with Crippen molar-refractivity contribution in [3.8, 4) is 5.75 Å². The predicted octanol–water partition coefficient (Wildman–Crippen LogP) is -0.337. The van der Waals surface area contributed by atoms with Gasteiger partial charge in [-0.15, -0.1) is 0 Å². The number of nitrogens with one attached hydrogen (secondary N) is 1. The van der Waals surface area contributed by atoms with Gasteiger partial charge in [0.25, 0.3) is 0 Å². The largest absolute Gasteiger partial charge is 0.497 e. The summed E-state index contributed by atoms with van der Waals surface area (Å²) in [5.74, 6) is -1.51. The minimum atomic E-state index is -1.50. The second-order valence-electron chi connectivity index (χ2n) is 6.13. The number of nitrogens with zero attached hydrogens (tertiary/aromatic N) is 1. The van der Waals surface area contributed by atoms with E-state index >= 15 is 0 Å². The average Bonchev–Trinajstić information content (AvgIpc) is 2.59. The van der Waals surface area contributed by atoms with E-state index in [1.807, 2.05) is 0 Å². The Balaban J connectivity index is 1.67. The van der Waals surface area contributed by atoms with Crippen LogP contribution in [0.15, 0.2) is 36.4 Å². The molecule has 0 aromatic heterocycles. The molecule has 0 spiro atoms. The van der Waals surface area contributed by atoms with E-state index in [9.17, 15) is 23.7 Å². The minimum absolute atomic E-state index is 0.00371. The summed E-state index contributed by atoms with van der Waals surface area (Å²) in [6, 6.07) is 4.74. The number of methoxy groups -OCH3 is 1. The molecular formula is C17H18N2O6S. The third kappa shape index (κ3) is 3.10. The van der Waals surface area contributed by atoms with Crippen LogP contribution < -0.4 is 10.1 Å². The van der Waals surface area contributed by atoms with Crippen molar-refractivity contribution >= 4 is 28.6 Å². The van der Waals surface area contributed by atoms with Crippen molar-refractivity contribution < 1.29 is 28.4 Å². The van der Waals surface area contributed by atoms with Crippen LogP contribution in [0.25, 0.3) is 0 Å². The molecule has 0 saturated carbocycles. The monoisotopic (exact) mass is 378 g/mol. The van der Waals surface area contributed by atoms with Gasteiger partial charge in [-0.3, -0.25) is 13.8 Å². The number of hydrogen-bond donors (Lipinski definition) is 2. The molecule has 0 aliphatic carbocycles. The maximum absolute atomic E-state index is 12.3. The number of benzene rings is 1. The van der Waals surface area contributed by atoms with Gasteiger partial charge in [0.15, 0.2) is 6.04 Å². The Morgan fingerprint density at radius 2 is 2.04 bits per heavy atom. The van der Waals surface area contributed by atoms with Crippen LogP contribution in [-0.4, -0.2) is 62.3 Å². The van der Waals surface area contributed by atoms with Crippen molar-refractivity contribution in [1.82, 2.24) is 10.2 Å². The fraction of sp³-hybridized carbons (Fsp3) is 0.353. The first kappa shape index (κ1) is 18.1. The van der Waals surface area contributed by atoms with Gasteiger partial charge < -0.3 is 20.1 Å². The van der Waals surface area contributed by atoms with Crippen molar-refractivity contribution in [2.24, 2.45) is 0 Å². The lowest BCUT2D eigenvalue weighted by atomic mass is 9.98. The van der Waals surface area contributed by atoms with Crippen molar-refractivity contribution in [2.45, 2.75) is 23.9 Å². The van der Waals surface area contributed by atoms with Gasteiger partial charge in [-0.2, -0.15) is 0 Å². The van der Waals surface area contributed by atoms with Gasteiger partial charge in [-0.25, -0.2) is 4.79 Å². The molecule has 2 aliphatic rings. The van der Waals surface area contributed by atoms with Gasteiger partial charge in [0.05, 0.1) is 24.3 Å². The maximum Gasteiger partial charge on any atom is 0.330 e. The Labute approximate surface area is 152 Å². The number of carbonyl (C=O) groups excluding carboxylic acids is 2. The fourth-order valence-corrected chi connectivity index (χ4v) is 4.82. The molecular weight excluding hydrogens is 360 g/mol. The van der Waals surface area contributed by atoms with E-state index in [2.05, 4.69) is 11.9 Å². The number of fused-ring (bicyclic) bond motifs is 1. The Bertz CT molecular complexity index is 806. The molecule has 2 heterocycles. The quantitative estimate of drug-likeness (QED) is 0.536. The molecule has 0 radical (unpaired) electrons. The molecule has 3 rings (SSSR count). The molecule has 4 atom stereocenters. The number of carbonyl (C=O) groups is 3. The second-order valence-corrected chi connectivity index (χ2v) is 7.66. The van der Waals surface area contributed by atoms with E-state index in [0.29, 0.717) is 5.75 Å². The molecule has 1 aromatic carbocycles. The molecule has 3 unspecified atom stereocenters. The topological polar surface area (TPSA) is 113 Å². The number of rotatable bonds is 5. The van der Waals surface area contributed by atoms with E-state index in [-0.39, 0.29) is 17.7 Å². The van der Waals surface area contributed by atoms with Crippen LogP contribution in [0.5, 0.6) is 5.75 Å². The van der Waals surface area contributed by atoms with Gasteiger partial charge >= 0.3 is 5.97 Å². The van der Waals surface area contributed by atoms with Gasteiger partial charge in [-0.05, 0) is 23.3 Å². The van der Waals surface area contributed by atoms with Crippen LogP contribution in [0.3, 0.4) is 0 Å². The Hall–Kier alpha value is -2.68. The third-order valence-electron chi connectivity index (χ3n) is 4.42. The van der Waals surface area contributed by atoms with Crippen molar-refractivity contribution in [3.63, 3.8) is 0 Å². The highest BCUT2D eigenvalue weighted by atomic mass is 32.2. The summed E-state index contributed by atoms with van der Waals surface area (Å²) >= 11 is 0. The molecule has 2 fully saturated rings. The summed E-state index contributed by atoms with van der Waals surface area (Å²) < 4.78 is 17.3. The van der Waals surface area contributed by atoms with E-state index in [1.165, 1.54) is 0 Å². The molecule has 2 saturated heterocycles. The highest BCUT2D eigenvalue weighted by Crippen LogP contribution is 2.34. The molecule has 8 nitrogen and oxygen atoms in total. The maximum atomic E-state index is 12.3. The third-order valence-corrected chi connectivity index (χ3v) is 6.11. The highest BCUT2D eigenvalue weighted by Gasteiger charge is 2.58. The summed E-state index contributed by atoms with van der Waals surface area (Å²) in [5.41, 5.74) is 0.955. The van der Waals surface area contributed by atoms with Gasteiger partial charge in [-0.1, -0.05) is 18.7 Å². The van der Waals surface area contributed by atoms with Crippen LogP contribution in [0, 0.1) is 0 Å². The van der Waals surface area contributed by atoms with Crippen LogP contribution in [0.2, 0.25) is 0 Å². The number of aliphatic carboxylic acids is 1. The van der Waals surface area contributed by atoms with Crippen LogP contribution >= 0.6 is 0 Å². The molecule has 0 bridgehead atoms. The Kier molecular flexibility index (Phi) is 4.82. The number of ether oxygens (including phenoxy) is 1. The number of hydrogen-bond acceptors (Lipinski definition) is 5. The summed E-state index contributed by atoms with van der Waals surface area (Å²) in [4.78, 5) is 37.0. The summed E-state index contributed by atoms with van der Waals surface area (Å²) in [7, 11) is 0.0381. The fourth-order valence-electron chi connectivity index (χ4n) is 3.16. The van der Waals surface area contributed by atoms with Crippen LogP contribution in [0.1, 0.15) is 5.56 Å². The van der Waals surface area contributed by atoms with E-state index < -0.39 is 46.0 Å². The second kappa shape index (κ2) is 6.91. The first-order valence-electron chi connectivity index (χ1n) is 7.85. The SMILES string of the molecule is C=C1CS(=O)[C@H]2C(NC(=O)Cc3ccc(OC)cc3)C(=O)N2C1C(=O)O. The van der Waals surface area contributed by atoms with Crippen molar-refractivity contribution in [1.29, 1.82) is 0 Å². The lowest BCUT2D eigenvalue weighted by Crippen LogP contribution is -2.77. The zero-order chi connectivity index (χ0) is 19.0.